The fourth-order valence-corrected chi connectivity index (χ4v) is 5.62. The summed E-state index contributed by atoms with van der Waals surface area (Å²) < 4.78 is 28.6. The molecule has 1 N–H and O–H groups in total. The third-order valence-corrected chi connectivity index (χ3v) is 8.36. The van der Waals surface area contributed by atoms with Gasteiger partial charge in [0, 0.05) is 28.3 Å². The van der Waals surface area contributed by atoms with Crippen LogP contribution in [0.2, 0.25) is 5.02 Å². The summed E-state index contributed by atoms with van der Waals surface area (Å²) in [7, 11) is -3.94. The molecule has 4 aromatic rings. The maximum Gasteiger partial charge on any atom is 0.271 e. The van der Waals surface area contributed by atoms with Gasteiger partial charge in [-0.1, -0.05) is 60.1 Å². The number of benzene rings is 4. The topological polar surface area (TPSA) is 122 Å². The van der Waals surface area contributed by atoms with Gasteiger partial charge < -0.3 is 0 Å². The second kappa shape index (κ2) is 12.1. The van der Waals surface area contributed by atoms with E-state index in [1.165, 1.54) is 28.6 Å². The largest absolute Gasteiger partial charge is 0.271 e. The lowest BCUT2D eigenvalue weighted by Crippen LogP contribution is -2.31. The van der Waals surface area contributed by atoms with Gasteiger partial charge in [-0.3, -0.25) is 19.2 Å². The second-order valence-corrected chi connectivity index (χ2v) is 11.1. The van der Waals surface area contributed by atoms with E-state index in [0.29, 0.717) is 38.7 Å². The predicted molar refractivity (Wildman–Crippen MR) is 155 cm³/mol. The number of hydrogen-bond donors (Lipinski definition) is 1. The summed E-state index contributed by atoms with van der Waals surface area (Å²) >= 11 is 6.32. The number of halogens is 1. The minimum atomic E-state index is -3.94. The lowest BCUT2D eigenvalue weighted by molar-refractivity contribution is -0.384. The molecule has 0 bridgehead atoms. The molecule has 4 rings (SSSR count). The summed E-state index contributed by atoms with van der Waals surface area (Å²) in [5.41, 5.74) is 5.28. The van der Waals surface area contributed by atoms with Crippen LogP contribution in [0.3, 0.4) is 0 Å². The quantitative estimate of drug-likeness (QED) is 0.146. The molecule has 0 heterocycles. The van der Waals surface area contributed by atoms with Gasteiger partial charge in [0.05, 0.1) is 27.8 Å². The van der Waals surface area contributed by atoms with Crippen LogP contribution in [0.1, 0.15) is 34.0 Å². The first-order chi connectivity index (χ1) is 19.1. The Morgan fingerprint density at radius 3 is 2.30 bits per heavy atom. The fourth-order valence-electron chi connectivity index (χ4n) is 3.92. The van der Waals surface area contributed by atoms with Crippen molar-refractivity contribution in [2.75, 3.05) is 4.31 Å². The van der Waals surface area contributed by atoms with Crippen LogP contribution in [-0.2, 0) is 16.6 Å². The van der Waals surface area contributed by atoms with Gasteiger partial charge >= 0.3 is 0 Å². The van der Waals surface area contributed by atoms with Crippen LogP contribution in [-0.4, -0.2) is 25.0 Å². The number of nitrogens with zero attached hydrogens (tertiary/aromatic N) is 3. The van der Waals surface area contributed by atoms with E-state index in [2.05, 4.69) is 10.5 Å². The lowest BCUT2D eigenvalue weighted by atomic mass is 10.1. The van der Waals surface area contributed by atoms with Crippen LogP contribution in [0.4, 0.5) is 11.4 Å². The van der Waals surface area contributed by atoms with E-state index < -0.39 is 20.9 Å². The zero-order valence-corrected chi connectivity index (χ0v) is 23.2. The normalized spacial score (nSPS) is 11.6. The number of sulfonamides is 1. The molecule has 0 aliphatic heterocycles. The van der Waals surface area contributed by atoms with E-state index >= 15 is 0 Å². The van der Waals surface area contributed by atoms with Crippen LogP contribution in [0.5, 0.6) is 0 Å². The molecule has 1 amide bonds. The van der Waals surface area contributed by atoms with Crippen molar-refractivity contribution >= 4 is 44.6 Å². The van der Waals surface area contributed by atoms with Gasteiger partial charge in [-0.25, -0.2) is 13.8 Å². The molecule has 0 atom stereocenters. The number of amides is 1. The molecule has 0 fully saturated rings. The fraction of sp³-hybridized carbons (Fsp3) is 0.103. The van der Waals surface area contributed by atoms with E-state index in [0.717, 1.165) is 0 Å². The highest BCUT2D eigenvalue weighted by atomic mass is 35.5. The minimum absolute atomic E-state index is 0.00432. The first-order valence-electron chi connectivity index (χ1n) is 12.1. The van der Waals surface area contributed by atoms with Crippen molar-refractivity contribution in [3.8, 4) is 0 Å². The molecule has 0 saturated carbocycles. The smallest absolute Gasteiger partial charge is 0.267 e. The van der Waals surface area contributed by atoms with Gasteiger partial charge in [0.15, 0.2) is 0 Å². The Labute approximate surface area is 236 Å². The van der Waals surface area contributed by atoms with Gasteiger partial charge in [0.1, 0.15) is 0 Å². The number of nitro benzene ring substituents is 1. The molecule has 0 unspecified atom stereocenters. The van der Waals surface area contributed by atoms with E-state index in [4.69, 9.17) is 11.6 Å². The van der Waals surface area contributed by atoms with Crippen molar-refractivity contribution in [3.05, 3.63) is 134 Å². The first-order valence-corrected chi connectivity index (χ1v) is 13.9. The van der Waals surface area contributed by atoms with E-state index in [-0.39, 0.29) is 17.1 Å². The standard InChI is InChI=1S/C29H25ClN4O5S/c1-20-27(30)12-7-13-28(20)33(40(38,39)26-10-4-3-5-11-26)19-22-14-16-23(17-15-22)29(35)32-31-21(2)24-8-6-9-25(18-24)34(36)37/h3-18H,19H2,1-2H3,(H,32,35)/b31-21-. The van der Waals surface area contributed by atoms with Crippen LogP contribution >= 0.6 is 11.6 Å². The van der Waals surface area contributed by atoms with Gasteiger partial charge in [0.2, 0.25) is 0 Å². The molecule has 0 spiro atoms. The first kappa shape index (κ1) is 28.5. The summed E-state index contributed by atoms with van der Waals surface area (Å²) in [5.74, 6) is -0.490. The average Bonchev–Trinajstić information content (AvgIpc) is 2.97. The number of carbonyl (C=O) groups excluding carboxylic acids is 1. The summed E-state index contributed by atoms with van der Waals surface area (Å²) in [5, 5.41) is 15.5. The highest BCUT2D eigenvalue weighted by Gasteiger charge is 2.27. The highest BCUT2D eigenvalue weighted by molar-refractivity contribution is 7.92. The van der Waals surface area contributed by atoms with Gasteiger partial charge in [-0.2, -0.15) is 5.10 Å². The summed E-state index contributed by atoms with van der Waals surface area (Å²) in [4.78, 5) is 23.3. The Bertz CT molecular complexity index is 1690. The number of nitro groups is 1. The van der Waals surface area contributed by atoms with Crippen LogP contribution in [0.25, 0.3) is 0 Å². The second-order valence-electron chi connectivity index (χ2n) is 8.85. The molecule has 0 aliphatic carbocycles. The molecule has 11 heteroatoms. The molecule has 0 saturated heterocycles. The SMILES string of the molecule is C/C(=N/NC(=O)c1ccc(CN(c2cccc(Cl)c2C)S(=O)(=O)c2ccccc2)cc1)c1cccc([N+](=O)[O-])c1. The van der Waals surface area contributed by atoms with Crippen molar-refractivity contribution in [1.29, 1.82) is 0 Å². The van der Waals surface area contributed by atoms with Crippen molar-refractivity contribution in [1.82, 2.24) is 5.43 Å². The number of hydrogen-bond acceptors (Lipinski definition) is 6. The number of non-ortho nitro benzene ring substituents is 1. The minimum Gasteiger partial charge on any atom is -0.267 e. The van der Waals surface area contributed by atoms with Crippen LogP contribution < -0.4 is 9.73 Å². The summed E-state index contributed by atoms with van der Waals surface area (Å²) in [6.45, 7) is 3.39. The third-order valence-electron chi connectivity index (χ3n) is 6.18. The van der Waals surface area contributed by atoms with E-state index in [1.54, 1.807) is 86.6 Å². The number of nitrogens with one attached hydrogen (secondary N) is 1. The molecule has 40 heavy (non-hydrogen) atoms. The maximum atomic E-state index is 13.7. The molecule has 0 aliphatic rings. The Hall–Kier alpha value is -4.54. The molecule has 4 aromatic carbocycles. The van der Waals surface area contributed by atoms with E-state index in [1.807, 2.05) is 0 Å². The molecule has 204 valence electrons. The van der Waals surface area contributed by atoms with Gasteiger partial charge in [0.25, 0.3) is 21.6 Å². The number of anilines is 1. The molecular formula is C29H25ClN4O5S. The number of carbonyl (C=O) groups is 1. The van der Waals surface area contributed by atoms with Crippen LogP contribution in [0, 0.1) is 17.0 Å². The Morgan fingerprint density at radius 1 is 0.950 bits per heavy atom. The van der Waals surface area contributed by atoms with Gasteiger partial charge in [-0.15, -0.1) is 0 Å². The summed E-state index contributed by atoms with van der Waals surface area (Å²) in [6, 6.07) is 25.6. The Morgan fingerprint density at radius 2 is 1.62 bits per heavy atom. The molecule has 9 nitrogen and oxygen atoms in total. The van der Waals surface area contributed by atoms with Crippen molar-refractivity contribution < 1.29 is 18.1 Å². The molecule has 0 aromatic heterocycles. The van der Waals surface area contributed by atoms with Gasteiger partial charge in [-0.05, 0) is 61.4 Å². The highest BCUT2D eigenvalue weighted by Crippen LogP contribution is 2.32. The maximum absolute atomic E-state index is 13.7. The predicted octanol–water partition coefficient (Wildman–Crippen LogP) is 6.11. The zero-order valence-electron chi connectivity index (χ0n) is 21.6. The Balaban J connectivity index is 1.56. The third kappa shape index (κ3) is 6.36. The molecular weight excluding hydrogens is 552 g/mol. The average molecular weight is 577 g/mol. The van der Waals surface area contributed by atoms with Crippen molar-refractivity contribution in [2.24, 2.45) is 5.10 Å². The van der Waals surface area contributed by atoms with E-state index in [9.17, 15) is 23.3 Å². The van der Waals surface area contributed by atoms with Crippen LogP contribution in [0.15, 0.2) is 107 Å². The monoisotopic (exact) mass is 576 g/mol. The Kier molecular flexibility index (Phi) is 8.61. The zero-order chi connectivity index (χ0) is 28.9. The lowest BCUT2D eigenvalue weighted by Gasteiger charge is -2.26. The van der Waals surface area contributed by atoms with Crippen molar-refractivity contribution in [3.63, 3.8) is 0 Å². The number of rotatable bonds is 9. The molecule has 0 radical (unpaired) electrons. The van der Waals surface area contributed by atoms with Crippen molar-refractivity contribution in [2.45, 2.75) is 25.3 Å². The number of hydrazone groups is 1. The summed E-state index contributed by atoms with van der Waals surface area (Å²) in [6.07, 6.45) is 0.